The molecule has 0 spiro atoms. The van der Waals surface area contributed by atoms with Crippen molar-refractivity contribution in [2.75, 3.05) is 0 Å². The second kappa shape index (κ2) is 4.45. The van der Waals surface area contributed by atoms with Gasteiger partial charge in [0.15, 0.2) is 0 Å². The van der Waals surface area contributed by atoms with E-state index in [0.29, 0.717) is 5.57 Å². The van der Waals surface area contributed by atoms with Crippen LogP contribution in [0.25, 0.3) is 0 Å². The van der Waals surface area contributed by atoms with Crippen molar-refractivity contribution in [1.82, 2.24) is 0 Å². The molecule has 2 N–H and O–H groups in total. The van der Waals surface area contributed by atoms with E-state index in [0.717, 1.165) is 0 Å². The van der Waals surface area contributed by atoms with E-state index in [2.05, 4.69) is 0 Å². The van der Waals surface area contributed by atoms with Crippen LogP contribution in [0.15, 0.2) is 22.8 Å². The molecule has 4 nitrogen and oxygen atoms in total. The van der Waals surface area contributed by atoms with Gasteiger partial charge in [0.25, 0.3) is 0 Å². The summed E-state index contributed by atoms with van der Waals surface area (Å²) in [5, 5.41) is 17.1. The summed E-state index contributed by atoms with van der Waals surface area (Å²) in [5.41, 5.74) is 0.728. The minimum absolute atomic E-state index is 0.123. The molecule has 0 unspecified atom stereocenters. The summed E-state index contributed by atoms with van der Waals surface area (Å²) in [5.74, 6) is -2.08. The molecule has 0 aromatic heterocycles. The van der Waals surface area contributed by atoms with Gasteiger partial charge in [-0.25, -0.2) is 9.59 Å². The highest BCUT2D eigenvalue weighted by Crippen LogP contribution is 2.08. The second-order valence-corrected chi connectivity index (χ2v) is 2.75. The van der Waals surface area contributed by atoms with Gasteiger partial charge in [-0.3, -0.25) is 0 Å². The lowest BCUT2D eigenvalue weighted by molar-refractivity contribution is -0.133. The van der Waals surface area contributed by atoms with Crippen LogP contribution in [0, 0.1) is 0 Å². The third-order valence-corrected chi connectivity index (χ3v) is 1.68. The Bertz CT molecular complexity index is 297. The van der Waals surface area contributed by atoms with Crippen LogP contribution in [0.1, 0.15) is 20.8 Å². The molecule has 4 heteroatoms. The van der Waals surface area contributed by atoms with Crippen molar-refractivity contribution in [3.05, 3.63) is 22.8 Å². The molecule has 0 radical (unpaired) electrons. The molecule has 72 valence electrons. The highest BCUT2D eigenvalue weighted by atomic mass is 16.4. The van der Waals surface area contributed by atoms with Gasteiger partial charge in [-0.05, 0) is 32.4 Å². The molecule has 0 atom stereocenters. The molecule has 0 bridgehead atoms. The van der Waals surface area contributed by atoms with Crippen LogP contribution < -0.4 is 0 Å². The van der Waals surface area contributed by atoms with Crippen molar-refractivity contribution in [1.29, 1.82) is 0 Å². The van der Waals surface area contributed by atoms with Crippen molar-refractivity contribution >= 4 is 11.9 Å². The molecule has 0 rings (SSSR count). The van der Waals surface area contributed by atoms with Crippen LogP contribution in [0.2, 0.25) is 0 Å². The van der Waals surface area contributed by atoms with Crippen LogP contribution in [-0.4, -0.2) is 22.2 Å². The number of rotatable bonds is 3. The molecular weight excluding hydrogens is 172 g/mol. The molecule has 0 heterocycles. The first-order valence-electron chi connectivity index (χ1n) is 3.68. The second-order valence-electron chi connectivity index (χ2n) is 2.75. The predicted molar refractivity (Wildman–Crippen MR) is 47.4 cm³/mol. The Morgan fingerprint density at radius 2 is 1.46 bits per heavy atom. The normalized spacial score (nSPS) is 13.6. The van der Waals surface area contributed by atoms with Crippen LogP contribution in [0.3, 0.4) is 0 Å². The molecule has 0 saturated heterocycles. The Morgan fingerprint density at radius 1 is 1.00 bits per heavy atom. The largest absolute Gasteiger partial charge is 0.478 e. The summed E-state index contributed by atoms with van der Waals surface area (Å²) < 4.78 is 0. The first-order valence-corrected chi connectivity index (χ1v) is 3.68. The number of hydrogen-bond donors (Lipinski definition) is 2. The zero-order valence-electron chi connectivity index (χ0n) is 7.79. The Kier molecular flexibility index (Phi) is 3.91. The number of allylic oxidation sites excluding steroid dienone is 2. The fourth-order valence-electron chi connectivity index (χ4n) is 0.663. The fraction of sp³-hybridized carbons (Fsp3) is 0.333. The van der Waals surface area contributed by atoms with Gasteiger partial charge in [-0.15, -0.1) is 0 Å². The van der Waals surface area contributed by atoms with Gasteiger partial charge in [0.1, 0.15) is 0 Å². The molecule has 13 heavy (non-hydrogen) atoms. The summed E-state index contributed by atoms with van der Waals surface area (Å²) in [6.07, 6.45) is 1.34. The van der Waals surface area contributed by atoms with Gasteiger partial charge < -0.3 is 10.2 Å². The monoisotopic (exact) mass is 184 g/mol. The first kappa shape index (κ1) is 11.4. The number of carboxylic acids is 2. The van der Waals surface area contributed by atoms with E-state index in [1.807, 2.05) is 0 Å². The zero-order valence-corrected chi connectivity index (χ0v) is 7.79. The Morgan fingerprint density at radius 3 is 1.77 bits per heavy atom. The first-order chi connectivity index (χ1) is 5.86. The number of carbonyl (C=O) groups is 2. The minimum atomic E-state index is -1.04. The maximum absolute atomic E-state index is 10.5. The molecule has 0 aromatic rings. The van der Waals surface area contributed by atoms with E-state index in [9.17, 15) is 9.59 Å². The van der Waals surface area contributed by atoms with Crippen molar-refractivity contribution in [3.63, 3.8) is 0 Å². The molecule has 0 saturated carbocycles. The lowest BCUT2D eigenvalue weighted by Gasteiger charge is -1.98. The average molecular weight is 184 g/mol. The topological polar surface area (TPSA) is 74.6 Å². The molecule has 0 aliphatic rings. The number of carboxylic acid groups (broad SMARTS) is 2. The fourth-order valence-corrected chi connectivity index (χ4v) is 0.663. The molecule has 0 aliphatic carbocycles. The maximum Gasteiger partial charge on any atom is 0.331 e. The maximum atomic E-state index is 10.5. The third-order valence-electron chi connectivity index (χ3n) is 1.68. The van der Waals surface area contributed by atoms with Gasteiger partial charge in [-0.1, -0.05) is 0 Å². The molecule has 0 aromatic carbocycles. The Hall–Kier alpha value is -1.58. The predicted octanol–water partition coefficient (Wildman–Crippen LogP) is 1.44. The number of aliphatic carboxylic acids is 2. The van der Waals surface area contributed by atoms with E-state index in [1.54, 1.807) is 6.92 Å². The van der Waals surface area contributed by atoms with Crippen LogP contribution in [-0.2, 0) is 9.59 Å². The van der Waals surface area contributed by atoms with E-state index >= 15 is 0 Å². The smallest absolute Gasteiger partial charge is 0.331 e. The highest BCUT2D eigenvalue weighted by molar-refractivity contribution is 5.89. The summed E-state index contributed by atoms with van der Waals surface area (Å²) in [4.78, 5) is 20.8. The van der Waals surface area contributed by atoms with Gasteiger partial charge >= 0.3 is 11.9 Å². The van der Waals surface area contributed by atoms with Crippen LogP contribution in [0.5, 0.6) is 0 Å². The summed E-state index contributed by atoms with van der Waals surface area (Å²) in [6, 6.07) is 0. The summed E-state index contributed by atoms with van der Waals surface area (Å²) in [7, 11) is 0. The lowest BCUT2D eigenvalue weighted by atomic mass is 10.1. The average Bonchev–Trinajstić information content (AvgIpc) is 2.02. The summed E-state index contributed by atoms with van der Waals surface area (Å²) >= 11 is 0. The standard InChI is InChI=1S/C9H12O4/c1-5(7(3)9(12)13)4-6(2)8(10)11/h4H,1-3H3,(H,10,11)(H,12,13)/b6-4+,7-5+. The highest BCUT2D eigenvalue weighted by Gasteiger charge is 2.05. The Balaban J connectivity index is 4.92. The van der Waals surface area contributed by atoms with Crippen molar-refractivity contribution in [2.45, 2.75) is 20.8 Å². The lowest BCUT2D eigenvalue weighted by Crippen LogP contribution is -2.01. The van der Waals surface area contributed by atoms with E-state index in [-0.39, 0.29) is 11.1 Å². The van der Waals surface area contributed by atoms with Crippen LogP contribution >= 0.6 is 0 Å². The van der Waals surface area contributed by atoms with Gasteiger partial charge in [0, 0.05) is 11.1 Å². The van der Waals surface area contributed by atoms with Crippen LogP contribution in [0.4, 0.5) is 0 Å². The minimum Gasteiger partial charge on any atom is -0.478 e. The molecule has 0 fully saturated rings. The molecular formula is C9H12O4. The van der Waals surface area contributed by atoms with E-state index in [4.69, 9.17) is 10.2 Å². The molecule has 0 aliphatic heterocycles. The Labute approximate surface area is 76.2 Å². The number of hydrogen-bond acceptors (Lipinski definition) is 2. The third kappa shape index (κ3) is 3.55. The van der Waals surface area contributed by atoms with Crippen molar-refractivity contribution < 1.29 is 19.8 Å². The van der Waals surface area contributed by atoms with Gasteiger partial charge in [0.05, 0.1) is 0 Å². The van der Waals surface area contributed by atoms with Gasteiger partial charge in [0.2, 0.25) is 0 Å². The molecule has 0 amide bonds. The zero-order chi connectivity index (χ0) is 10.6. The van der Waals surface area contributed by atoms with E-state index < -0.39 is 11.9 Å². The van der Waals surface area contributed by atoms with E-state index in [1.165, 1.54) is 19.9 Å². The SMILES string of the molecule is C/C(=C\C(C)=C(/C)C(=O)O)C(=O)O. The van der Waals surface area contributed by atoms with Crippen molar-refractivity contribution in [2.24, 2.45) is 0 Å². The quantitative estimate of drug-likeness (QED) is 0.514. The van der Waals surface area contributed by atoms with Crippen molar-refractivity contribution in [3.8, 4) is 0 Å². The van der Waals surface area contributed by atoms with Gasteiger partial charge in [-0.2, -0.15) is 0 Å². The summed E-state index contributed by atoms with van der Waals surface area (Å²) in [6.45, 7) is 4.42.